The summed E-state index contributed by atoms with van der Waals surface area (Å²) >= 11 is 1.77. The lowest BCUT2D eigenvalue weighted by molar-refractivity contribution is 0.694. The summed E-state index contributed by atoms with van der Waals surface area (Å²) in [6.45, 7) is 0.947. The fourth-order valence-corrected chi connectivity index (χ4v) is 3.15. The molecule has 0 aliphatic heterocycles. The number of nitrogens with one attached hydrogen (secondary N) is 2. The molecule has 1 aliphatic rings. The van der Waals surface area contributed by atoms with E-state index in [1.54, 1.807) is 11.3 Å². The van der Waals surface area contributed by atoms with Crippen molar-refractivity contribution in [1.82, 2.24) is 20.3 Å². The average molecular weight is 284 g/mol. The van der Waals surface area contributed by atoms with Gasteiger partial charge in [-0.2, -0.15) is 0 Å². The van der Waals surface area contributed by atoms with Crippen LogP contribution in [0.2, 0.25) is 0 Å². The molecule has 0 spiro atoms. The number of imidazole rings is 1. The van der Waals surface area contributed by atoms with Gasteiger partial charge in [0.15, 0.2) is 0 Å². The van der Waals surface area contributed by atoms with Gasteiger partial charge in [0.05, 0.1) is 17.5 Å². The van der Waals surface area contributed by atoms with E-state index in [0.29, 0.717) is 0 Å². The molecule has 0 unspecified atom stereocenters. The Hall–Kier alpha value is -1.72. The normalized spacial score (nSPS) is 15.0. The molecule has 5 heteroatoms. The number of aromatic amines is 1. The van der Waals surface area contributed by atoms with E-state index in [-0.39, 0.29) is 0 Å². The maximum atomic E-state index is 4.60. The van der Waals surface area contributed by atoms with E-state index in [2.05, 4.69) is 26.3 Å². The standard InChI is InChI=1S/C15H16N4S/c1-2-4-13-12(3-1)18-14(19-13)7-15-17-9-11(20-15)8-16-10-5-6-10/h1-4,9-10,16H,5-8H2,(H,18,19). The molecule has 4 nitrogen and oxygen atoms in total. The van der Waals surface area contributed by atoms with Gasteiger partial charge in [0, 0.05) is 23.7 Å². The maximum Gasteiger partial charge on any atom is 0.114 e. The van der Waals surface area contributed by atoms with Crippen LogP contribution in [0.3, 0.4) is 0 Å². The number of H-pyrrole nitrogens is 1. The van der Waals surface area contributed by atoms with Crippen LogP contribution in [0.25, 0.3) is 11.0 Å². The molecule has 20 heavy (non-hydrogen) atoms. The Kier molecular flexibility index (Phi) is 3.01. The highest BCUT2D eigenvalue weighted by atomic mass is 32.1. The fraction of sp³-hybridized carbons (Fsp3) is 0.333. The lowest BCUT2D eigenvalue weighted by Crippen LogP contribution is -2.14. The zero-order valence-electron chi connectivity index (χ0n) is 11.1. The minimum absolute atomic E-state index is 0.746. The highest BCUT2D eigenvalue weighted by molar-refractivity contribution is 7.11. The number of hydrogen-bond donors (Lipinski definition) is 2. The van der Waals surface area contributed by atoms with Gasteiger partial charge >= 0.3 is 0 Å². The molecule has 2 aromatic heterocycles. The molecule has 2 N–H and O–H groups in total. The number of para-hydroxylation sites is 2. The first-order chi connectivity index (χ1) is 9.87. The summed E-state index contributed by atoms with van der Waals surface area (Å²) in [6, 6.07) is 8.87. The van der Waals surface area contributed by atoms with Crippen molar-refractivity contribution in [1.29, 1.82) is 0 Å². The monoisotopic (exact) mass is 284 g/mol. The van der Waals surface area contributed by atoms with Crippen LogP contribution in [0.5, 0.6) is 0 Å². The van der Waals surface area contributed by atoms with Gasteiger partial charge in [0.25, 0.3) is 0 Å². The zero-order chi connectivity index (χ0) is 13.4. The van der Waals surface area contributed by atoms with Crippen LogP contribution in [0.4, 0.5) is 0 Å². The molecule has 102 valence electrons. The van der Waals surface area contributed by atoms with Crippen molar-refractivity contribution in [3.05, 3.63) is 46.2 Å². The van der Waals surface area contributed by atoms with Crippen LogP contribution in [0.15, 0.2) is 30.5 Å². The smallest absolute Gasteiger partial charge is 0.114 e. The minimum atomic E-state index is 0.746. The zero-order valence-corrected chi connectivity index (χ0v) is 11.9. The number of thiazole rings is 1. The summed E-state index contributed by atoms with van der Waals surface area (Å²) in [5, 5.41) is 4.64. The molecule has 0 saturated heterocycles. The first-order valence-electron chi connectivity index (χ1n) is 6.97. The van der Waals surface area contributed by atoms with E-state index >= 15 is 0 Å². The van der Waals surface area contributed by atoms with Crippen LogP contribution in [-0.4, -0.2) is 21.0 Å². The second kappa shape index (κ2) is 5.00. The third-order valence-electron chi connectivity index (χ3n) is 3.50. The minimum Gasteiger partial charge on any atom is -0.342 e. The number of rotatable bonds is 5. The average Bonchev–Trinajstić information content (AvgIpc) is 3.04. The Morgan fingerprint density at radius 3 is 3.05 bits per heavy atom. The third-order valence-corrected chi connectivity index (χ3v) is 4.50. The van der Waals surface area contributed by atoms with Crippen molar-refractivity contribution in [2.75, 3.05) is 0 Å². The molecule has 3 aromatic rings. The van der Waals surface area contributed by atoms with Gasteiger partial charge in [-0.15, -0.1) is 11.3 Å². The van der Waals surface area contributed by atoms with Crippen molar-refractivity contribution in [2.45, 2.75) is 31.8 Å². The largest absolute Gasteiger partial charge is 0.342 e. The predicted octanol–water partition coefficient (Wildman–Crippen LogP) is 2.86. The SMILES string of the molecule is c1ccc2[nH]c(Cc3ncc(CNC4CC4)s3)nc2c1. The summed E-state index contributed by atoms with van der Waals surface area (Å²) in [5.74, 6) is 0.988. The van der Waals surface area contributed by atoms with E-state index in [1.165, 1.54) is 17.7 Å². The van der Waals surface area contributed by atoms with Gasteiger partial charge in [-0.05, 0) is 25.0 Å². The van der Waals surface area contributed by atoms with Crippen LogP contribution in [0, 0.1) is 0 Å². The Morgan fingerprint density at radius 1 is 1.30 bits per heavy atom. The second-order valence-electron chi connectivity index (χ2n) is 5.25. The van der Waals surface area contributed by atoms with E-state index in [9.17, 15) is 0 Å². The Balaban J connectivity index is 1.47. The molecule has 1 fully saturated rings. The molecule has 0 radical (unpaired) electrons. The number of benzene rings is 1. The molecule has 4 rings (SSSR count). The molecule has 0 bridgehead atoms. The molecular weight excluding hydrogens is 268 g/mol. The van der Waals surface area contributed by atoms with Gasteiger partial charge in [-0.25, -0.2) is 9.97 Å². The van der Waals surface area contributed by atoms with Crippen molar-refractivity contribution in [3.63, 3.8) is 0 Å². The molecule has 2 heterocycles. The van der Waals surface area contributed by atoms with Crippen molar-refractivity contribution in [3.8, 4) is 0 Å². The summed E-state index contributed by atoms with van der Waals surface area (Å²) in [7, 11) is 0. The predicted molar refractivity (Wildman–Crippen MR) is 80.9 cm³/mol. The quantitative estimate of drug-likeness (QED) is 0.757. The number of fused-ring (bicyclic) bond motifs is 1. The lowest BCUT2D eigenvalue weighted by Gasteiger charge is -1.97. The van der Waals surface area contributed by atoms with Crippen LogP contribution >= 0.6 is 11.3 Å². The highest BCUT2D eigenvalue weighted by Gasteiger charge is 2.20. The Bertz CT molecular complexity index is 693. The van der Waals surface area contributed by atoms with Crippen LogP contribution < -0.4 is 5.32 Å². The van der Waals surface area contributed by atoms with E-state index < -0.39 is 0 Å². The molecular formula is C15H16N4S. The topological polar surface area (TPSA) is 53.6 Å². The summed E-state index contributed by atoms with van der Waals surface area (Å²) in [5.41, 5.74) is 2.12. The molecule has 0 amide bonds. The second-order valence-corrected chi connectivity index (χ2v) is 6.45. The molecule has 1 aromatic carbocycles. The van der Waals surface area contributed by atoms with Crippen molar-refractivity contribution in [2.24, 2.45) is 0 Å². The van der Waals surface area contributed by atoms with Crippen LogP contribution in [0.1, 0.15) is 28.6 Å². The Labute approximate surface area is 121 Å². The van der Waals surface area contributed by atoms with E-state index in [0.717, 1.165) is 40.9 Å². The first kappa shape index (κ1) is 12.1. The third kappa shape index (κ3) is 2.59. The lowest BCUT2D eigenvalue weighted by atomic mass is 10.3. The van der Waals surface area contributed by atoms with E-state index in [1.807, 2.05) is 24.4 Å². The Morgan fingerprint density at radius 2 is 2.20 bits per heavy atom. The van der Waals surface area contributed by atoms with Gasteiger partial charge in [0.1, 0.15) is 10.8 Å². The van der Waals surface area contributed by atoms with Crippen molar-refractivity contribution < 1.29 is 0 Å². The summed E-state index contributed by atoms with van der Waals surface area (Å²) in [4.78, 5) is 13.8. The molecule has 1 aliphatic carbocycles. The fourth-order valence-electron chi connectivity index (χ4n) is 2.28. The summed E-state index contributed by atoms with van der Waals surface area (Å²) in [6.07, 6.45) is 5.41. The van der Waals surface area contributed by atoms with E-state index in [4.69, 9.17) is 0 Å². The molecule has 1 saturated carbocycles. The summed E-state index contributed by atoms with van der Waals surface area (Å²) < 4.78 is 0. The highest BCUT2D eigenvalue weighted by Crippen LogP contribution is 2.21. The van der Waals surface area contributed by atoms with Gasteiger partial charge < -0.3 is 10.3 Å². The number of hydrogen-bond acceptors (Lipinski definition) is 4. The maximum absolute atomic E-state index is 4.60. The van der Waals surface area contributed by atoms with Crippen molar-refractivity contribution >= 4 is 22.4 Å². The van der Waals surface area contributed by atoms with Gasteiger partial charge in [-0.1, -0.05) is 12.1 Å². The van der Waals surface area contributed by atoms with Gasteiger partial charge in [-0.3, -0.25) is 0 Å². The number of nitrogens with zero attached hydrogens (tertiary/aromatic N) is 2. The van der Waals surface area contributed by atoms with Crippen LogP contribution in [-0.2, 0) is 13.0 Å². The first-order valence-corrected chi connectivity index (χ1v) is 7.79. The van der Waals surface area contributed by atoms with Gasteiger partial charge in [0.2, 0.25) is 0 Å². The number of aromatic nitrogens is 3. The molecule has 0 atom stereocenters.